The molecule has 0 aliphatic rings. The normalized spacial score (nSPS) is 12.7. The highest BCUT2D eigenvalue weighted by atomic mass is 35.5. The lowest BCUT2D eigenvalue weighted by Gasteiger charge is -2.27. The summed E-state index contributed by atoms with van der Waals surface area (Å²) in [7, 11) is 1.63. The Kier molecular flexibility index (Phi) is 7.21. The monoisotopic (exact) mass is 284 g/mol. The maximum atomic E-state index is 6.07. The van der Waals surface area contributed by atoms with Gasteiger partial charge in [-0.2, -0.15) is 0 Å². The van der Waals surface area contributed by atoms with Crippen LogP contribution in [0.2, 0.25) is 5.02 Å². The second kappa shape index (κ2) is 8.41. The van der Waals surface area contributed by atoms with Crippen molar-refractivity contribution in [3.8, 4) is 5.75 Å². The Morgan fingerprint density at radius 1 is 1.26 bits per heavy atom. The molecular formula is C15H25ClN2O. The van der Waals surface area contributed by atoms with Gasteiger partial charge < -0.3 is 4.74 Å². The highest BCUT2D eigenvalue weighted by molar-refractivity contribution is 6.32. The van der Waals surface area contributed by atoms with Crippen LogP contribution in [0.1, 0.15) is 51.1 Å². The van der Waals surface area contributed by atoms with Gasteiger partial charge in [0, 0.05) is 6.04 Å². The number of rotatable bonds is 8. The predicted octanol–water partition coefficient (Wildman–Crippen LogP) is 4.07. The molecule has 0 bridgehead atoms. The van der Waals surface area contributed by atoms with Crippen LogP contribution in [0.4, 0.5) is 0 Å². The highest BCUT2D eigenvalue weighted by Crippen LogP contribution is 2.33. The van der Waals surface area contributed by atoms with Gasteiger partial charge in [0.05, 0.1) is 12.1 Å². The van der Waals surface area contributed by atoms with Crippen molar-refractivity contribution < 1.29 is 4.74 Å². The van der Waals surface area contributed by atoms with Crippen molar-refractivity contribution >= 4 is 11.6 Å². The van der Waals surface area contributed by atoms with Gasteiger partial charge in [0.2, 0.25) is 0 Å². The first-order valence-corrected chi connectivity index (χ1v) is 7.35. The van der Waals surface area contributed by atoms with E-state index in [9.17, 15) is 0 Å². The summed E-state index contributed by atoms with van der Waals surface area (Å²) < 4.78 is 5.28. The minimum atomic E-state index is 0.145. The summed E-state index contributed by atoms with van der Waals surface area (Å²) >= 11 is 6.07. The minimum Gasteiger partial charge on any atom is -0.495 e. The average molecular weight is 285 g/mol. The lowest BCUT2D eigenvalue weighted by atomic mass is 9.86. The first-order valence-electron chi connectivity index (χ1n) is 6.97. The molecule has 19 heavy (non-hydrogen) atoms. The molecular weight excluding hydrogens is 260 g/mol. The second-order valence-electron chi connectivity index (χ2n) is 4.88. The van der Waals surface area contributed by atoms with Crippen molar-refractivity contribution in [2.75, 3.05) is 7.11 Å². The van der Waals surface area contributed by atoms with E-state index < -0.39 is 0 Å². The quantitative estimate of drug-likeness (QED) is 0.559. The molecule has 4 heteroatoms. The van der Waals surface area contributed by atoms with E-state index in [-0.39, 0.29) is 6.04 Å². The molecule has 1 aromatic rings. The fraction of sp³-hybridized carbons (Fsp3) is 0.600. The SMILES string of the molecule is CCCC(CCC)C(NN)c1ccc(Cl)c(OC)c1. The van der Waals surface area contributed by atoms with Gasteiger partial charge in [0.25, 0.3) is 0 Å². The lowest BCUT2D eigenvalue weighted by molar-refractivity contribution is 0.318. The van der Waals surface area contributed by atoms with Crippen LogP contribution in [0.25, 0.3) is 0 Å². The summed E-state index contributed by atoms with van der Waals surface area (Å²) in [6, 6.07) is 6.01. The molecule has 1 atom stereocenters. The van der Waals surface area contributed by atoms with E-state index in [1.54, 1.807) is 7.11 Å². The second-order valence-corrected chi connectivity index (χ2v) is 5.28. The molecule has 0 radical (unpaired) electrons. The largest absolute Gasteiger partial charge is 0.495 e. The van der Waals surface area contributed by atoms with Crippen LogP contribution in [-0.2, 0) is 0 Å². The van der Waals surface area contributed by atoms with Crippen LogP contribution in [0.3, 0.4) is 0 Å². The summed E-state index contributed by atoms with van der Waals surface area (Å²) in [6.45, 7) is 4.41. The highest BCUT2D eigenvalue weighted by Gasteiger charge is 2.21. The van der Waals surface area contributed by atoms with Gasteiger partial charge >= 0.3 is 0 Å². The molecule has 1 aromatic carbocycles. The topological polar surface area (TPSA) is 47.3 Å². The zero-order chi connectivity index (χ0) is 14.3. The van der Waals surface area contributed by atoms with Crippen molar-refractivity contribution in [2.45, 2.75) is 45.6 Å². The van der Waals surface area contributed by atoms with Gasteiger partial charge in [-0.15, -0.1) is 0 Å². The lowest BCUT2D eigenvalue weighted by Crippen LogP contribution is -2.33. The van der Waals surface area contributed by atoms with Gasteiger partial charge in [-0.1, -0.05) is 44.4 Å². The van der Waals surface area contributed by atoms with Crippen LogP contribution in [0, 0.1) is 5.92 Å². The van der Waals surface area contributed by atoms with E-state index in [0.29, 0.717) is 16.7 Å². The number of halogens is 1. The number of nitrogens with one attached hydrogen (secondary N) is 1. The molecule has 0 aromatic heterocycles. The van der Waals surface area contributed by atoms with Crippen molar-refractivity contribution in [3.63, 3.8) is 0 Å². The van der Waals surface area contributed by atoms with Crippen LogP contribution >= 0.6 is 11.6 Å². The summed E-state index contributed by atoms with van der Waals surface area (Å²) in [5, 5.41) is 0.629. The number of methoxy groups -OCH3 is 1. The Hall–Kier alpha value is -0.770. The van der Waals surface area contributed by atoms with Crippen molar-refractivity contribution in [2.24, 2.45) is 11.8 Å². The third-order valence-electron chi connectivity index (χ3n) is 3.50. The van der Waals surface area contributed by atoms with Gasteiger partial charge in [-0.3, -0.25) is 11.3 Å². The van der Waals surface area contributed by atoms with Crippen molar-refractivity contribution in [1.82, 2.24) is 5.43 Å². The first kappa shape index (κ1) is 16.3. The molecule has 0 fully saturated rings. The first-order chi connectivity index (χ1) is 9.17. The molecule has 0 saturated heterocycles. The summed E-state index contributed by atoms with van der Waals surface area (Å²) in [6.07, 6.45) is 4.64. The van der Waals surface area contributed by atoms with E-state index in [0.717, 1.165) is 31.2 Å². The third kappa shape index (κ3) is 4.37. The van der Waals surface area contributed by atoms with E-state index in [2.05, 4.69) is 19.3 Å². The Labute approximate surface area is 121 Å². The third-order valence-corrected chi connectivity index (χ3v) is 3.82. The summed E-state index contributed by atoms with van der Waals surface area (Å²) in [5.74, 6) is 7.01. The van der Waals surface area contributed by atoms with Gasteiger partial charge in [-0.25, -0.2) is 0 Å². The van der Waals surface area contributed by atoms with Crippen molar-refractivity contribution in [3.05, 3.63) is 28.8 Å². The number of hydrogen-bond donors (Lipinski definition) is 2. The maximum absolute atomic E-state index is 6.07. The molecule has 0 heterocycles. The van der Waals surface area contributed by atoms with Crippen LogP contribution < -0.4 is 16.0 Å². The Balaban J connectivity index is 2.99. The molecule has 0 spiro atoms. The average Bonchev–Trinajstić information content (AvgIpc) is 2.42. The minimum absolute atomic E-state index is 0.145. The van der Waals surface area contributed by atoms with Crippen molar-refractivity contribution in [1.29, 1.82) is 0 Å². The van der Waals surface area contributed by atoms with E-state index in [4.69, 9.17) is 22.2 Å². The molecule has 3 nitrogen and oxygen atoms in total. The fourth-order valence-electron chi connectivity index (χ4n) is 2.59. The smallest absolute Gasteiger partial charge is 0.137 e. The predicted molar refractivity (Wildman–Crippen MR) is 81.4 cm³/mol. The summed E-state index contributed by atoms with van der Waals surface area (Å²) in [5.41, 5.74) is 4.10. The molecule has 1 unspecified atom stereocenters. The summed E-state index contributed by atoms with van der Waals surface area (Å²) in [4.78, 5) is 0. The number of hydrogen-bond acceptors (Lipinski definition) is 3. The zero-order valence-electron chi connectivity index (χ0n) is 12.1. The number of ether oxygens (including phenoxy) is 1. The molecule has 0 saturated carbocycles. The standard InChI is InChI=1S/C15H25ClN2O/c1-4-6-11(7-5-2)15(18-17)12-8-9-13(16)14(10-12)19-3/h8-11,15,18H,4-7,17H2,1-3H3. The van der Waals surface area contributed by atoms with Crippen LogP contribution in [0.15, 0.2) is 18.2 Å². The number of nitrogens with two attached hydrogens (primary N) is 1. The molecule has 0 aliphatic carbocycles. The maximum Gasteiger partial charge on any atom is 0.137 e. The molecule has 1 rings (SSSR count). The molecule has 3 N–H and O–H groups in total. The fourth-order valence-corrected chi connectivity index (χ4v) is 2.79. The zero-order valence-corrected chi connectivity index (χ0v) is 12.8. The number of benzene rings is 1. The Bertz CT molecular complexity index is 378. The Morgan fingerprint density at radius 2 is 1.89 bits per heavy atom. The van der Waals surface area contributed by atoms with E-state index >= 15 is 0 Å². The Morgan fingerprint density at radius 3 is 2.37 bits per heavy atom. The van der Waals surface area contributed by atoms with E-state index in [1.807, 2.05) is 18.2 Å². The molecule has 0 aliphatic heterocycles. The van der Waals surface area contributed by atoms with Gasteiger partial charge in [-0.05, 0) is 36.5 Å². The van der Waals surface area contributed by atoms with Crippen LogP contribution in [-0.4, -0.2) is 7.11 Å². The molecule has 0 amide bonds. The van der Waals surface area contributed by atoms with E-state index in [1.165, 1.54) is 0 Å². The van der Waals surface area contributed by atoms with Gasteiger partial charge in [0.15, 0.2) is 0 Å². The molecule has 108 valence electrons. The van der Waals surface area contributed by atoms with Gasteiger partial charge in [0.1, 0.15) is 5.75 Å². The van der Waals surface area contributed by atoms with Crippen LogP contribution in [0.5, 0.6) is 5.75 Å². The number of hydrazine groups is 1.